The van der Waals surface area contributed by atoms with Crippen molar-refractivity contribution < 1.29 is 5.11 Å². The van der Waals surface area contributed by atoms with Gasteiger partial charge in [-0.25, -0.2) is 15.0 Å². The molecule has 0 saturated carbocycles. The molecule has 0 bridgehead atoms. The Labute approximate surface area is 175 Å². The predicted molar refractivity (Wildman–Crippen MR) is 116 cm³/mol. The van der Waals surface area contributed by atoms with E-state index in [-0.39, 0.29) is 18.1 Å². The van der Waals surface area contributed by atoms with Crippen LogP contribution < -0.4 is 10.6 Å². The van der Waals surface area contributed by atoms with Crippen LogP contribution in [0.3, 0.4) is 0 Å². The number of aliphatic hydroxyl groups excluding tert-OH is 1. The number of thioether (sulfide) groups is 1. The molecule has 1 atom stereocenters. The molecule has 0 amide bonds. The highest BCUT2D eigenvalue weighted by Crippen LogP contribution is 2.37. The number of nitrogens with zero attached hydrogens (tertiary/aromatic N) is 4. The van der Waals surface area contributed by atoms with Crippen molar-refractivity contribution in [2.24, 2.45) is 11.1 Å². The van der Waals surface area contributed by atoms with Crippen LogP contribution in [0.5, 0.6) is 0 Å². The molecule has 3 N–H and O–H groups in total. The molecule has 28 heavy (non-hydrogen) atoms. The summed E-state index contributed by atoms with van der Waals surface area (Å²) in [5.74, 6) is 0.755. The normalized spacial score (nSPS) is 17.6. The van der Waals surface area contributed by atoms with E-state index in [9.17, 15) is 5.11 Å². The van der Waals surface area contributed by atoms with E-state index >= 15 is 0 Å². The van der Waals surface area contributed by atoms with Crippen LogP contribution in [0.25, 0.3) is 11.3 Å². The first-order valence-electron chi connectivity index (χ1n) is 9.48. The number of rotatable bonds is 5. The van der Waals surface area contributed by atoms with Gasteiger partial charge >= 0.3 is 0 Å². The lowest BCUT2D eigenvalue weighted by Crippen LogP contribution is -2.47. The van der Waals surface area contributed by atoms with Gasteiger partial charge < -0.3 is 15.7 Å². The van der Waals surface area contributed by atoms with Gasteiger partial charge in [0.25, 0.3) is 0 Å². The quantitative estimate of drug-likeness (QED) is 0.712. The number of anilines is 1. The number of aryl methyl sites for hydroxylation is 1. The molecule has 152 valence electrons. The average molecular weight is 422 g/mol. The lowest BCUT2D eigenvalue weighted by Gasteiger charge is -2.42. The number of nitrogens with two attached hydrogens (primary N) is 1. The Hall–Kier alpha value is -1.41. The van der Waals surface area contributed by atoms with Crippen molar-refractivity contribution in [1.82, 2.24) is 15.0 Å². The molecular formula is C20H28ClN5OS. The minimum atomic E-state index is -0.172. The molecule has 1 aliphatic heterocycles. The molecule has 8 heteroatoms. The minimum absolute atomic E-state index is 0.136. The van der Waals surface area contributed by atoms with Gasteiger partial charge in [0, 0.05) is 30.9 Å². The van der Waals surface area contributed by atoms with Crippen molar-refractivity contribution in [3.8, 4) is 11.3 Å². The van der Waals surface area contributed by atoms with E-state index < -0.39 is 0 Å². The largest absolute Gasteiger partial charge is 0.390 e. The Morgan fingerprint density at radius 2 is 2.04 bits per heavy atom. The highest BCUT2D eigenvalue weighted by atomic mass is 35.5. The number of aliphatic hydroxyl groups is 1. The first-order valence-corrected chi connectivity index (χ1v) is 11.1. The zero-order chi connectivity index (χ0) is 20.5. The summed E-state index contributed by atoms with van der Waals surface area (Å²) in [7, 11) is 0. The molecule has 2 aromatic rings. The molecule has 0 radical (unpaired) electrons. The third-order valence-corrected chi connectivity index (χ3v) is 7.07. The monoisotopic (exact) mass is 421 g/mol. The second-order valence-electron chi connectivity index (χ2n) is 7.70. The molecule has 1 saturated heterocycles. The second-order valence-corrected chi connectivity index (χ2v) is 8.87. The summed E-state index contributed by atoms with van der Waals surface area (Å²) in [6.07, 6.45) is 5.64. The molecule has 0 aromatic carbocycles. The summed E-state index contributed by atoms with van der Waals surface area (Å²) in [6.45, 7) is 7.79. The summed E-state index contributed by atoms with van der Waals surface area (Å²) in [5.41, 5.74) is 9.15. The lowest BCUT2D eigenvalue weighted by molar-refractivity contribution is 0.204. The molecule has 0 aliphatic carbocycles. The summed E-state index contributed by atoms with van der Waals surface area (Å²) < 4.78 is 0. The zero-order valence-corrected chi connectivity index (χ0v) is 18.4. The summed E-state index contributed by atoms with van der Waals surface area (Å²) >= 11 is 8.01. The first kappa shape index (κ1) is 21.3. The maximum absolute atomic E-state index is 9.97. The maximum atomic E-state index is 9.97. The number of hydrogen-bond acceptors (Lipinski definition) is 7. The fraction of sp³-hybridized carbons (Fsp3) is 0.550. The van der Waals surface area contributed by atoms with Crippen molar-refractivity contribution in [2.75, 3.05) is 24.2 Å². The van der Waals surface area contributed by atoms with Gasteiger partial charge in [0.1, 0.15) is 10.7 Å². The van der Waals surface area contributed by atoms with Crippen molar-refractivity contribution in [1.29, 1.82) is 0 Å². The third-order valence-electron chi connectivity index (χ3n) is 5.88. The molecule has 3 heterocycles. The number of halogens is 1. The van der Waals surface area contributed by atoms with Gasteiger partial charge in [0.2, 0.25) is 0 Å². The Bertz CT molecular complexity index is 853. The van der Waals surface area contributed by atoms with Gasteiger partial charge in [0.15, 0.2) is 5.82 Å². The molecular weight excluding hydrogens is 394 g/mol. The summed E-state index contributed by atoms with van der Waals surface area (Å²) in [5, 5.41) is 11.3. The second kappa shape index (κ2) is 8.53. The van der Waals surface area contributed by atoms with E-state index in [4.69, 9.17) is 27.3 Å². The van der Waals surface area contributed by atoms with Gasteiger partial charge in [-0.1, -0.05) is 18.5 Å². The van der Waals surface area contributed by atoms with Gasteiger partial charge in [-0.2, -0.15) is 0 Å². The molecule has 3 rings (SSSR count). The number of hydrogen-bond donors (Lipinski definition) is 2. The summed E-state index contributed by atoms with van der Waals surface area (Å²) in [6, 6.07) is 2.00. The van der Waals surface area contributed by atoms with Crippen LogP contribution >= 0.6 is 23.4 Å². The standard InChI is InChI=1S/C20H28ClN5OS/c1-12-17(14-5-8-23-19(28-4)16(14)21)25-15(11-27)18(24-12)26-9-6-20(3,7-10-26)13(2)22/h5,8,13,27H,6-7,9-11,22H2,1-4H3. The molecule has 2 aromatic heterocycles. The Morgan fingerprint density at radius 3 is 2.61 bits per heavy atom. The van der Waals surface area contributed by atoms with E-state index in [2.05, 4.69) is 23.7 Å². The Morgan fingerprint density at radius 1 is 1.36 bits per heavy atom. The lowest BCUT2D eigenvalue weighted by atomic mass is 9.75. The zero-order valence-electron chi connectivity index (χ0n) is 16.9. The Kier molecular flexibility index (Phi) is 6.49. The Balaban J connectivity index is 1.96. The van der Waals surface area contributed by atoms with Gasteiger partial charge in [-0.3, -0.25) is 0 Å². The highest BCUT2D eigenvalue weighted by Gasteiger charge is 2.34. The number of aromatic nitrogens is 3. The van der Waals surface area contributed by atoms with Crippen molar-refractivity contribution in [3.63, 3.8) is 0 Å². The van der Waals surface area contributed by atoms with Crippen LogP contribution in [0.2, 0.25) is 5.02 Å². The fourth-order valence-electron chi connectivity index (χ4n) is 3.59. The van der Waals surface area contributed by atoms with E-state index in [0.717, 1.165) is 48.0 Å². The fourth-order valence-corrected chi connectivity index (χ4v) is 4.48. The summed E-state index contributed by atoms with van der Waals surface area (Å²) in [4.78, 5) is 16.1. The average Bonchev–Trinajstić information content (AvgIpc) is 2.69. The van der Waals surface area contributed by atoms with Gasteiger partial charge in [-0.05, 0) is 44.4 Å². The molecule has 1 unspecified atom stereocenters. The SMILES string of the molecule is CSc1nccc(-c2nc(CO)c(N3CCC(C)(C(C)N)CC3)nc2C)c1Cl. The van der Waals surface area contributed by atoms with E-state index in [0.29, 0.717) is 16.4 Å². The third kappa shape index (κ3) is 3.99. The van der Waals surface area contributed by atoms with Crippen molar-refractivity contribution in [2.45, 2.75) is 51.3 Å². The number of pyridine rings is 1. The van der Waals surface area contributed by atoms with Crippen LogP contribution in [0.1, 0.15) is 38.1 Å². The minimum Gasteiger partial charge on any atom is -0.390 e. The van der Waals surface area contributed by atoms with Gasteiger partial charge in [0.05, 0.1) is 23.0 Å². The maximum Gasteiger partial charge on any atom is 0.153 e. The van der Waals surface area contributed by atoms with Gasteiger partial charge in [-0.15, -0.1) is 11.8 Å². The van der Waals surface area contributed by atoms with Crippen molar-refractivity contribution >= 4 is 29.2 Å². The van der Waals surface area contributed by atoms with E-state index in [1.54, 1.807) is 6.20 Å². The van der Waals surface area contributed by atoms with Crippen molar-refractivity contribution in [3.05, 3.63) is 28.7 Å². The number of piperidine rings is 1. The van der Waals surface area contributed by atoms with Crippen LogP contribution in [0.15, 0.2) is 17.3 Å². The van der Waals surface area contributed by atoms with E-state index in [1.165, 1.54) is 11.8 Å². The molecule has 1 fully saturated rings. The first-order chi connectivity index (χ1) is 13.3. The molecule has 6 nitrogen and oxygen atoms in total. The van der Waals surface area contributed by atoms with Crippen LogP contribution in [0, 0.1) is 12.3 Å². The van der Waals surface area contributed by atoms with Crippen LogP contribution in [0.4, 0.5) is 5.82 Å². The predicted octanol–water partition coefficient (Wildman–Crippen LogP) is 3.67. The van der Waals surface area contributed by atoms with E-state index in [1.807, 2.05) is 19.2 Å². The molecule has 0 spiro atoms. The smallest absolute Gasteiger partial charge is 0.153 e. The topological polar surface area (TPSA) is 88.2 Å². The van der Waals surface area contributed by atoms with Crippen LogP contribution in [-0.2, 0) is 6.61 Å². The van der Waals surface area contributed by atoms with Crippen LogP contribution in [-0.4, -0.2) is 45.4 Å². The molecule has 1 aliphatic rings. The highest BCUT2D eigenvalue weighted by molar-refractivity contribution is 7.98.